The van der Waals surface area contributed by atoms with E-state index in [9.17, 15) is 9.59 Å². The molecule has 0 radical (unpaired) electrons. The summed E-state index contributed by atoms with van der Waals surface area (Å²) in [4.78, 5) is 27.0. The Hall–Kier alpha value is -3.45. The fourth-order valence-electron chi connectivity index (χ4n) is 4.00. The molecule has 33 heavy (non-hydrogen) atoms. The Morgan fingerprint density at radius 2 is 1.76 bits per heavy atom. The van der Waals surface area contributed by atoms with E-state index < -0.39 is 0 Å². The highest BCUT2D eigenvalue weighted by Gasteiger charge is 2.32. The Bertz CT molecular complexity index is 1150. The normalized spacial score (nSPS) is 16.8. The lowest BCUT2D eigenvalue weighted by Crippen LogP contribution is -2.30. The highest BCUT2D eigenvalue weighted by Crippen LogP contribution is 2.38. The van der Waals surface area contributed by atoms with Crippen molar-refractivity contribution < 1.29 is 19.1 Å². The van der Waals surface area contributed by atoms with Gasteiger partial charge in [0.2, 0.25) is 12.7 Å². The van der Waals surface area contributed by atoms with Gasteiger partial charge in [0, 0.05) is 18.7 Å². The van der Waals surface area contributed by atoms with Gasteiger partial charge in [-0.3, -0.25) is 9.59 Å². The number of nitrogens with one attached hydrogen (secondary N) is 1. The number of nitrogens with zero attached hydrogens (tertiary/aromatic N) is 1. The Balaban J connectivity index is 1.20. The minimum absolute atomic E-state index is 0.0213. The first-order chi connectivity index (χ1) is 16.2. The second-order valence-electron chi connectivity index (χ2n) is 7.98. The van der Waals surface area contributed by atoms with Gasteiger partial charge >= 0.3 is 0 Å². The van der Waals surface area contributed by atoms with Gasteiger partial charge in [-0.25, -0.2) is 0 Å². The summed E-state index contributed by atoms with van der Waals surface area (Å²) in [7, 11) is 0. The Morgan fingerprint density at radius 1 is 0.970 bits per heavy atom. The lowest BCUT2D eigenvalue weighted by atomic mass is 10.1. The number of ether oxygens (including phenoxy) is 2. The summed E-state index contributed by atoms with van der Waals surface area (Å²) in [5.41, 5.74) is 3.78. The second-order valence-corrected chi connectivity index (χ2v) is 9.05. The summed E-state index contributed by atoms with van der Waals surface area (Å²) in [6.07, 6.45) is 0.823. The van der Waals surface area contributed by atoms with E-state index in [4.69, 9.17) is 9.47 Å². The zero-order chi connectivity index (χ0) is 22.6. The molecule has 5 rings (SSSR count). The number of fused-ring (bicyclic) bond motifs is 1. The van der Waals surface area contributed by atoms with Crippen molar-refractivity contribution in [3.63, 3.8) is 0 Å². The largest absolute Gasteiger partial charge is 0.454 e. The number of rotatable bonds is 7. The van der Waals surface area contributed by atoms with Gasteiger partial charge in [-0.1, -0.05) is 48.5 Å². The predicted octanol–water partition coefficient (Wildman–Crippen LogP) is 4.16. The fourth-order valence-corrected chi connectivity index (χ4v) is 5.22. The molecule has 0 aromatic heterocycles. The first kappa shape index (κ1) is 21.4. The third kappa shape index (κ3) is 4.83. The van der Waals surface area contributed by atoms with Crippen LogP contribution in [0.3, 0.4) is 0 Å². The summed E-state index contributed by atoms with van der Waals surface area (Å²) in [6, 6.07) is 23.4. The summed E-state index contributed by atoms with van der Waals surface area (Å²) in [6.45, 7) is 1.31. The van der Waals surface area contributed by atoms with Gasteiger partial charge in [0.25, 0.3) is 5.91 Å². The molecule has 1 saturated heterocycles. The molecule has 0 bridgehead atoms. The van der Waals surface area contributed by atoms with Gasteiger partial charge < -0.3 is 19.7 Å². The zero-order valence-electron chi connectivity index (χ0n) is 18.0. The van der Waals surface area contributed by atoms with Crippen molar-refractivity contribution in [3.05, 3.63) is 95.1 Å². The molecule has 1 atom stereocenters. The molecule has 2 amide bonds. The van der Waals surface area contributed by atoms with Crippen LogP contribution in [0.5, 0.6) is 11.5 Å². The summed E-state index contributed by atoms with van der Waals surface area (Å²) in [5.74, 6) is 1.92. The van der Waals surface area contributed by atoms with Crippen LogP contribution in [0.1, 0.15) is 32.4 Å². The molecule has 1 fully saturated rings. The third-order valence-corrected chi connectivity index (χ3v) is 7.06. The quantitative estimate of drug-likeness (QED) is 0.573. The fraction of sp³-hybridized carbons (Fsp3) is 0.231. The zero-order valence-corrected chi connectivity index (χ0v) is 18.8. The van der Waals surface area contributed by atoms with Crippen LogP contribution < -0.4 is 14.8 Å². The van der Waals surface area contributed by atoms with E-state index in [2.05, 4.69) is 17.4 Å². The average Bonchev–Trinajstić information content (AvgIpc) is 3.48. The van der Waals surface area contributed by atoms with Crippen molar-refractivity contribution in [2.75, 3.05) is 19.1 Å². The van der Waals surface area contributed by atoms with E-state index in [0.717, 1.165) is 23.3 Å². The standard InChI is InChI=1S/C26H24N2O4S/c29-24-16-33-26(28(24)13-12-18-4-2-1-3-5-18)21-9-7-20(8-10-21)25(30)27-15-19-6-11-22-23(14-19)32-17-31-22/h1-11,14,26H,12-13,15-17H2,(H,27,30)/t26-/m1/s1. The molecular formula is C26H24N2O4S. The van der Waals surface area contributed by atoms with E-state index in [1.54, 1.807) is 11.8 Å². The summed E-state index contributed by atoms with van der Waals surface area (Å²) < 4.78 is 10.7. The molecular weight excluding hydrogens is 436 g/mol. The summed E-state index contributed by atoms with van der Waals surface area (Å²) in [5, 5.41) is 2.92. The monoisotopic (exact) mass is 460 g/mol. The Morgan fingerprint density at radius 3 is 2.58 bits per heavy atom. The topological polar surface area (TPSA) is 67.9 Å². The predicted molar refractivity (Wildman–Crippen MR) is 127 cm³/mol. The number of amides is 2. The molecule has 2 heterocycles. The number of carbonyl (C=O) groups excluding carboxylic acids is 2. The van der Waals surface area contributed by atoms with Crippen molar-refractivity contribution in [1.82, 2.24) is 10.2 Å². The first-order valence-electron chi connectivity index (χ1n) is 10.9. The van der Waals surface area contributed by atoms with Gasteiger partial charge in [-0.2, -0.15) is 0 Å². The number of hydrogen-bond acceptors (Lipinski definition) is 5. The van der Waals surface area contributed by atoms with E-state index in [1.165, 1.54) is 5.56 Å². The molecule has 0 aliphatic carbocycles. The molecule has 0 saturated carbocycles. The van der Waals surface area contributed by atoms with Gasteiger partial charge in [-0.15, -0.1) is 11.8 Å². The van der Waals surface area contributed by atoms with Gasteiger partial charge in [0.15, 0.2) is 11.5 Å². The number of carbonyl (C=O) groups is 2. The molecule has 1 N–H and O–H groups in total. The average molecular weight is 461 g/mol. The second kappa shape index (κ2) is 9.58. The lowest BCUT2D eigenvalue weighted by Gasteiger charge is -2.24. The van der Waals surface area contributed by atoms with Crippen LogP contribution in [0.2, 0.25) is 0 Å². The van der Waals surface area contributed by atoms with Crippen LogP contribution in [0.15, 0.2) is 72.8 Å². The molecule has 0 unspecified atom stereocenters. The number of benzene rings is 3. The van der Waals surface area contributed by atoms with Crippen LogP contribution in [0.25, 0.3) is 0 Å². The van der Waals surface area contributed by atoms with E-state index in [1.807, 2.05) is 65.6 Å². The highest BCUT2D eigenvalue weighted by molar-refractivity contribution is 8.00. The van der Waals surface area contributed by atoms with Gasteiger partial charge in [0.1, 0.15) is 5.37 Å². The molecule has 2 aliphatic rings. The van der Waals surface area contributed by atoms with Crippen LogP contribution in [0, 0.1) is 0 Å². The smallest absolute Gasteiger partial charge is 0.251 e. The van der Waals surface area contributed by atoms with Crippen molar-refractivity contribution in [1.29, 1.82) is 0 Å². The molecule has 6 nitrogen and oxygen atoms in total. The number of thioether (sulfide) groups is 1. The van der Waals surface area contributed by atoms with Crippen LogP contribution in [-0.4, -0.2) is 35.8 Å². The molecule has 2 aliphatic heterocycles. The Labute approximate surface area is 196 Å². The van der Waals surface area contributed by atoms with E-state index in [-0.39, 0.29) is 24.0 Å². The summed E-state index contributed by atoms with van der Waals surface area (Å²) >= 11 is 1.63. The van der Waals surface area contributed by atoms with E-state index in [0.29, 0.717) is 30.2 Å². The van der Waals surface area contributed by atoms with Crippen molar-refractivity contribution in [2.24, 2.45) is 0 Å². The maximum Gasteiger partial charge on any atom is 0.251 e. The van der Waals surface area contributed by atoms with E-state index >= 15 is 0 Å². The van der Waals surface area contributed by atoms with Crippen molar-refractivity contribution >= 4 is 23.6 Å². The van der Waals surface area contributed by atoms with Crippen LogP contribution in [0.4, 0.5) is 0 Å². The third-order valence-electron chi connectivity index (χ3n) is 5.80. The van der Waals surface area contributed by atoms with Gasteiger partial charge in [0.05, 0.1) is 5.75 Å². The molecule has 3 aromatic carbocycles. The minimum Gasteiger partial charge on any atom is -0.454 e. The molecule has 0 spiro atoms. The SMILES string of the molecule is O=C(NCc1ccc2c(c1)OCO2)c1ccc([C@H]2SCC(=O)N2CCc2ccccc2)cc1. The molecule has 3 aromatic rings. The molecule has 7 heteroatoms. The number of hydrogen-bond donors (Lipinski definition) is 1. The first-order valence-corrected chi connectivity index (χ1v) is 11.9. The van der Waals surface area contributed by atoms with Crippen molar-refractivity contribution in [2.45, 2.75) is 18.3 Å². The van der Waals surface area contributed by atoms with Gasteiger partial charge in [-0.05, 0) is 47.4 Å². The van der Waals surface area contributed by atoms with Crippen LogP contribution in [-0.2, 0) is 17.8 Å². The Kier molecular flexibility index (Phi) is 6.21. The minimum atomic E-state index is -0.143. The molecule has 168 valence electrons. The van der Waals surface area contributed by atoms with Crippen molar-refractivity contribution in [3.8, 4) is 11.5 Å². The lowest BCUT2D eigenvalue weighted by molar-refractivity contribution is -0.128. The maximum absolute atomic E-state index is 12.6. The maximum atomic E-state index is 12.6. The van der Waals surface area contributed by atoms with Crippen LogP contribution >= 0.6 is 11.8 Å². The highest BCUT2D eigenvalue weighted by atomic mass is 32.2.